The minimum atomic E-state index is -0.358. The van der Waals surface area contributed by atoms with E-state index in [0.29, 0.717) is 5.82 Å². The van der Waals surface area contributed by atoms with Gasteiger partial charge in [-0.1, -0.05) is 0 Å². The van der Waals surface area contributed by atoms with Gasteiger partial charge in [-0.3, -0.25) is 9.59 Å². The minimum Gasteiger partial charge on any atom is -0.383 e. The van der Waals surface area contributed by atoms with Gasteiger partial charge in [0.2, 0.25) is 0 Å². The van der Waals surface area contributed by atoms with Gasteiger partial charge in [-0.25, -0.2) is 9.55 Å². The molecule has 1 aliphatic heterocycles. The fourth-order valence-electron chi connectivity index (χ4n) is 5.95. The fraction of sp³-hybridized carbons (Fsp3) is 0.588. The number of nitrogens with two attached hydrogens (primary N) is 1. The molecule has 114 valence electrons. The number of hydrogen-bond acceptors (Lipinski definition) is 4. The predicted octanol–water partition coefficient (Wildman–Crippen LogP) is 2.08. The van der Waals surface area contributed by atoms with Gasteiger partial charge in [0.1, 0.15) is 11.6 Å². The van der Waals surface area contributed by atoms with Crippen molar-refractivity contribution in [2.45, 2.75) is 38.5 Å². The summed E-state index contributed by atoms with van der Waals surface area (Å²) in [6, 6.07) is 1.23. The lowest BCUT2D eigenvalue weighted by atomic mass is 9.47. The number of carbonyl (C=O) groups is 1. The summed E-state index contributed by atoms with van der Waals surface area (Å²) in [6.45, 7) is 0. The van der Waals surface area contributed by atoms with Crippen LogP contribution >= 0.6 is 0 Å². The average molecular weight is 297 g/mol. The number of fused-ring (bicyclic) bond motifs is 1. The Morgan fingerprint density at radius 3 is 2.27 bits per heavy atom. The van der Waals surface area contributed by atoms with Crippen molar-refractivity contribution >= 4 is 17.8 Å². The number of aromatic nitrogens is 2. The van der Waals surface area contributed by atoms with Crippen molar-refractivity contribution in [1.29, 1.82) is 0 Å². The Kier molecular flexibility index (Phi) is 2.23. The Morgan fingerprint density at radius 2 is 1.68 bits per heavy atom. The zero-order valence-corrected chi connectivity index (χ0v) is 12.4. The second kappa shape index (κ2) is 3.89. The first kappa shape index (κ1) is 12.6. The SMILES string of the molecule is Nc1cc(=O)n2c(n1)C=C(C13CC4CC(CC(C4)C1)C3)C2=O. The van der Waals surface area contributed by atoms with E-state index >= 15 is 0 Å². The summed E-state index contributed by atoms with van der Waals surface area (Å²) >= 11 is 0. The molecule has 0 saturated heterocycles. The van der Waals surface area contributed by atoms with Gasteiger partial charge in [0.05, 0.1) is 0 Å². The van der Waals surface area contributed by atoms with Gasteiger partial charge in [-0.15, -0.1) is 0 Å². The van der Waals surface area contributed by atoms with Crippen LogP contribution in [-0.2, 0) is 0 Å². The van der Waals surface area contributed by atoms with E-state index in [2.05, 4.69) is 4.98 Å². The van der Waals surface area contributed by atoms with Gasteiger partial charge in [0.15, 0.2) is 0 Å². The maximum Gasteiger partial charge on any atom is 0.263 e. The second-order valence-corrected chi connectivity index (χ2v) is 7.77. The lowest BCUT2D eigenvalue weighted by molar-refractivity contribution is -0.0294. The van der Waals surface area contributed by atoms with Gasteiger partial charge < -0.3 is 5.73 Å². The molecule has 1 aromatic heterocycles. The van der Waals surface area contributed by atoms with Crippen molar-refractivity contribution in [2.75, 3.05) is 5.73 Å². The van der Waals surface area contributed by atoms with Crippen LogP contribution in [0.5, 0.6) is 0 Å². The largest absolute Gasteiger partial charge is 0.383 e. The molecule has 6 rings (SSSR count). The molecule has 4 saturated carbocycles. The number of allylic oxidation sites excluding steroid dienone is 1. The van der Waals surface area contributed by atoms with E-state index < -0.39 is 0 Å². The molecule has 0 aromatic carbocycles. The topological polar surface area (TPSA) is 78.0 Å². The number of rotatable bonds is 1. The first-order valence-electron chi connectivity index (χ1n) is 8.20. The molecule has 1 aromatic rings. The summed E-state index contributed by atoms with van der Waals surface area (Å²) in [5.74, 6) is 2.73. The van der Waals surface area contributed by atoms with E-state index in [0.717, 1.165) is 42.6 Å². The smallest absolute Gasteiger partial charge is 0.263 e. The van der Waals surface area contributed by atoms with E-state index in [-0.39, 0.29) is 22.7 Å². The van der Waals surface area contributed by atoms with Crippen LogP contribution in [0.25, 0.3) is 6.08 Å². The molecule has 0 atom stereocenters. The highest BCUT2D eigenvalue weighted by Crippen LogP contribution is 2.63. The number of nitrogen functional groups attached to an aromatic ring is 1. The first-order valence-corrected chi connectivity index (χ1v) is 8.20. The van der Waals surface area contributed by atoms with E-state index in [9.17, 15) is 9.59 Å². The zero-order chi connectivity index (χ0) is 15.1. The lowest BCUT2D eigenvalue weighted by Crippen LogP contribution is -2.48. The third kappa shape index (κ3) is 1.51. The number of carbonyl (C=O) groups excluding carboxylic acids is 1. The molecule has 0 spiro atoms. The third-order valence-electron chi connectivity index (χ3n) is 6.28. The predicted molar refractivity (Wildman–Crippen MR) is 82.1 cm³/mol. The quantitative estimate of drug-likeness (QED) is 0.861. The van der Waals surface area contributed by atoms with Crippen LogP contribution in [0.2, 0.25) is 0 Å². The van der Waals surface area contributed by atoms with Crippen molar-refractivity contribution in [3.8, 4) is 0 Å². The van der Waals surface area contributed by atoms with Crippen molar-refractivity contribution in [1.82, 2.24) is 9.55 Å². The molecular weight excluding hydrogens is 278 g/mol. The minimum absolute atomic E-state index is 0.0132. The number of hydrogen-bond donors (Lipinski definition) is 1. The number of nitrogens with zero attached hydrogens (tertiary/aromatic N) is 2. The molecule has 2 N–H and O–H groups in total. The van der Waals surface area contributed by atoms with Crippen molar-refractivity contribution in [2.24, 2.45) is 23.2 Å². The summed E-state index contributed by atoms with van der Waals surface area (Å²) < 4.78 is 1.20. The second-order valence-electron chi connectivity index (χ2n) is 7.77. The van der Waals surface area contributed by atoms with Crippen molar-refractivity contribution in [3.05, 3.63) is 27.8 Å². The van der Waals surface area contributed by atoms with E-state index in [4.69, 9.17) is 5.73 Å². The maximum atomic E-state index is 12.9. The highest BCUT2D eigenvalue weighted by molar-refractivity contribution is 6.05. The Labute approximate surface area is 128 Å². The van der Waals surface area contributed by atoms with E-state index in [1.165, 1.54) is 29.9 Å². The van der Waals surface area contributed by atoms with Crippen molar-refractivity contribution in [3.63, 3.8) is 0 Å². The fourth-order valence-corrected chi connectivity index (χ4v) is 5.95. The van der Waals surface area contributed by atoms with Gasteiger partial charge in [0, 0.05) is 17.1 Å². The van der Waals surface area contributed by atoms with Crippen LogP contribution in [0, 0.1) is 23.2 Å². The lowest BCUT2D eigenvalue weighted by Gasteiger charge is -2.57. The average Bonchev–Trinajstić information content (AvgIpc) is 2.75. The summed E-state index contributed by atoms with van der Waals surface area (Å²) in [7, 11) is 0. The molecule has 4 bridgehead atoms. The molecular formula is C17H19N3O2. The van der Waals surface area contributed by atoms with Crippen LogP contribution in [0.4, 0.5) is 5.82 Å². The third-order valence-corrected chi connectivity index (χ3v) is 6.28. The first-order chi connectivity index (χ1) is 10.5. The summed E-state index contributed by atoms with van der Waals surface area (Å²) in [5, 5.41) is 0. The van der Waals surface area contributed by atoms with Gasteiger partial charge >= 0.3 is 0 Å². The highest BCUT2D eigenvalue weighted by atomic mass is 16.2. The van der Waals surface area contributed by atoms with Crippen LogP contribution in [0.1, 0.15) is 49.1 Å². The standard InChI is InChI=1S/C17H19N3O2/c18-13-5-15(21)20-14(19-13)4-12(16(20)22)17-6-9-1-10(7-17)3-11(2-9)8-17/h4-5,9-11H,1-3,6-8,18H2. The normalized spacial score (nSPS) is 38.3. The molecule has 5 heteroatoms. The molecule has 0 unspecified atom stereocenters. The van der Waals surface area contributed by atoms with Crippen LogP contribution in [0.15, 0.2) is 16.4 Å². The van der Waals surface area contributed by atoms with E-state index in [1.54, 1.807) is 0 Å². The number of anilines is 1. The Morgan fingerprint density at radius 1 is 1.09 bits per heavy atom. The zero-order valence-electron chi connectivity index (χ0n) is 12.4. The maximum absolute atomic E-state index is 12.9. The Hall–Kier alpha value is -1.91. The molecule has 2 heterocycles. The summed E-state index contributed by atoms with van der Waals surface area (Å²) in [5.41, 5.74) is 6.11. The van der Waals surface area contributed by atoms with Crippen LogP contribution in [0.3, 0.4) is 0 Å². The van der Waals surface area contributed by atoms with Crippen molar-refractivity contribution < 1.29 is 4.79 Å². The molecule has 0 radical (unpaired) electrons. The van der Waals surface area contributed by atoms with E-state index in [1.807, 2.05) is 6.08 Å². The molecule has 0 amide bonds. The monoisotopic (exact) mass is 297 g/mol. The highest BCUT2D eigenvalue weighted by Gasteiger charge is 2.54. The summed E-state index contributed by atoms with van der Waals surface area (Å²) in [4.78, 5) is 29.1. The molecule has 4 aliphatic carbocycles. The molecule has 5 aliphatic rings. The van der Waals surface area contributed by atoms with Gasteiger partial charge in [0.25, 0.3) is 11.5 Å². The Balaban J connectivity index is 1.63. The van der Waals surface area contributed by atoms with Gasteiger partial charge in [-0.05, 0) is 62.4 Å². The molecule has 22 heavy (non-hydrogen) atoms. The Bertz CT molecular complexity index is 754. The van der Waals surface area contributed by atoms with Crippen LogP contribution < -0.4 is 11.3 Å². The van der Waals surface area contributed by atoms with Crippen LogP contribution in [-0.4, -0.2) is 15.5 Å². The summed E-state index contributed by atoms with van der Waals surface area (Å²) in [6.07, 6.45) is 9.15. The van der Waals surface area contributed by atoms with Gasteiger partial charge in [-0.2, -0.15) is 0 Å². The molecule has 5 nitrogen and oxygen atoms in total. The molecule has 4 fully saturated rings.